The first-order valence-corrected chi connectivity index (χ1v) is 8.02. The Bertz CT molecular complexity index is 875. The summed E-state index contributed by atoms with van der Waals surface area (Å²) >= 11 is 1.54. The Hall–Kier alpha value is -2.80. The highest BCUT2D eigenvalue weighted by Gasteiger charge is 2.23. The maximum absolute atomic E-state index is 12.6. The molecule has 2 aromatic rings. The first kappa shape index (κ1) is 16.1. The smallest absolute Gasteiger partial charge is 0.315 e. The van der Waals surface area contributed by atoms with Crippen molar-refractivity contribution < 1.29 is 19.6 Å². The number of benzene rings is 2. The van der Waals surface area contributed by atoms with Gasteiger partial charge < -0.3 is 9.84 Å². The van der Waals surface area contributed by atoms with Crippen molar-refractivity contribution in [3.8, 4) is 11.5 Å². The van der Waals surface area contributed by atoms with E-state index in [2.05, 4.69) is 0 Å². The number of fused-ring (bicyclic) bond motifs is 1. The van der Waals surface area contributed by atoms with E-state index in [1.165, 1.54) is 31.0 Å². The van der Waals surface area contributed by atoms with Crippen molar-refractivity contribution in [3.05, 3.63) is 63.2 Å². The van der Waals surface area contributed by atoms with Gasteiger partial charge in [-0.1, -0.05) is 12.1 Å². The molecule has 1 N–H and O–H groups in total. The number of carbonyl (C=O) groups is 1. The van der Waals surface area contributed by atoms with E-state index < -0.39 is 16.4 Å². The van der Waals surface area contributed by atoms with Crippen molar-refractivity contribution in [1.82, 2.24) is 0 Å². The Kier molecular flexibility index (Phi) is 4.26. The van der Waals surface area contributed by atoms with Gasteiger partial charge in [0, 0.05) is 27.9 Å². The fourth-order valence-corrected chi connectivity index (χ4v) is 3.49. The number of hydrogen-bond donors (Lipinski definition) is 1. The van der Waals surface area contributed by atoms with E-state index in [1.54, 1.807) is 18.2 Å². The SMILES string of the molecule is COc1cc(C=C2CSc3ccccc3C2=O)cc([N+](=O)[O-])c1O. The summed E-state index contributed by atoms with van der Waals surface area (Å²) in [7, 11) is 1.31. The highest BCUT2D eigenvalue weighted by Crippen LogP contribution is 2.38. The molecule has 0 aromatic heterocycles. The lowest BCUT2D eigenvalue weighted by molar-refractivity contribution is -0.386. The normalized spacial score (nSPS) is 15.2. The van der Waals surface area contributed by atoms with Gasteiger partial charge in [-0.3, -0.25) is 14.9 Å². The monoisotopic (exact) mass is 343 g/mol. The van der Waals surface area contributed by atoms with Gasteiger partial charge >= 0.3 is 5.69 Å². The van der Waals surface area contributed by atoms with Gasteiger partial charge in [-0.15, -0.1) is 11.8 Å². The van der Waals surface area contributed by atoms with Crippen LogP contribution < -0.4 is 4.74 Å². The minimum atomic E-state index is -0.688. The molecule has 0 bridgehead atoms. The molecule has 0 atom stereocenters. The fraction of sp³-hybridized carbons (Fsp3) is 0.118. The predicted octanol–water partition coefficient (Wildman–Crippen LogP) is 3.68. The van der Waals surface area contributed by atoms with Crippen LogP contribution in [0.2, 0.25) is 0 Å². The van der Waals surface area contributed by atoms with Crippen LogP contribution in [0.1, 0.15) is 15.9 Å². The summed E-state index contributed by atoms with van der Waals surface area (Å²) in [5.41, 5.74) is 1.14. The van der Waals surface area contributed by atoms with Crippen LogP contribution in [-0.4, -0.2) is 28.7 Å². The first-order valence-electron chi connectivity index (χ1n) is 7.03. The molecule has 1 aliphatic heterocycles. The highest BCUT2D eigenvalue weighted by atomic mass is 32.2. The van der Waals surface area contributed by atoms with Crippen LogP contribution >= 0.6 is 11.8 Å². The number of phenols is 1. The third kappa shape index (κ3) is 2.85. The summed E-state index contributed by atoms with van der Waals surface area (Å²) in [6, 6.07) is 10.0. The Morgan fingerprint density at radius 1 is 1.33 bits per heavy atom. The fourth-order valence-electron chi connectivity index (χ4n) is 2.47. The zero-order valence-corrected chi connectivity index (χ0v) is 13.5. The Labute approximate surface area is 141 Å². The number of methoxy groups -OCH3 is 1. The molecule has 122 valence electrons. The lowest BCUT2D eigenvalue weighted by Crippen LogP contribution is -2.12. The minimum Gasteiger partial charge on any atom is -0.500 e. The molecule has 0 radical (unpaired) electrons. The van der Waals surface area contributed by atoms with Crippen molar-refractivity contribution in [3.63, 3.8) is 0 Å². The van der Waals surface area contributed by atoms with Gasteiger partial charge in [-0.05, 0) is 29.8 Å². The van der Waals surface area contributed by atoms with E-state index in [0.717, 1.165) is 4.90 Å². The average Bonchev–Trinajstić information content (AvgIpc) is 2.58. The van der Waals surface area contributed by atoms with E-state index in [-0.39, 0.29) is 11.5 Å². The van der Waals surface area contributed by atoms with E-state index in [4.69, 9.17) is 4.74 Å². The van der Waals surface area contributed by atoms with Crippen LogP contribution in [0.5, 0.6) is 11.5 Å². The van der Waals surface area contributed by atoms with Crippen molar-refractivity contribution in [2.45, 2.75) is 4.90 Å². The van der Waals surface area contributed by atoms with E-state index in [9.17, 15) is 20.0 Å². The second kappa shape index (κ2) is 6.37. The number of thioether (sulfide) groups is 1. The van der Waals surface area contributed by atoms with Gasteiger partial charge in [-0.2, -0.15) is 0 Å². The number of hydrogen-bond acceptors (Lipinski definition) is 6. The molecule has 0 saturated carbocycles. The molecular weight excluding hydrogens is 330 g/mol. The summed E-state index contributed by atoms with van der Waals surface area (Å²) in [5.74, 6) is -0.155. The van der Waals surface area contributed by atoms with Crippen LogP contribution in [0.25, 0.3) is 6.08 Å². The largest absolute Gasteiger partial charge is 0.500 e. The molecule has 3 rings (SSSR count). The number of rotatable bonds is 3. The van der Waals surface area contributed by atoms with Crippen molar-refractivity contribution in [2.75, 3.05) is 12.9 Å². The average molecular weight is 343 g/mol. The highest BCUT2D eigenvalue weighted by molar-refractivity contribution is 7.99. The molecule has 0 amide bonds. The molecule has 0 aliphatic carbocycles. The molecule has 24 heavy (non-hydrogen) atoms. The molecule has 2 aromatic carbocycles. The van der Waals surface area contributed by atoms with Gasteiger partial charge in [0.15, 0.2) is 11.5 Å². The van der Waals surface area contributed by atoms with E-state index in [0.29, 0.717) is 22.5 Å². The molecule has 0 unspecified atom stereocenters. The van der Waals surface area contributed by atoms with Crippen LogP contribution in [0.4, 0.5) is 5.69 Å². The zero-order chi connectivity index (χ0) is 17.3. The van der Waals surface area contributed by atoms with Gasteiger partial charge in [0.05, 0.1) is 12.0 Å². The Morgan fingerprint density at radius 2 is 2.08 bits per heavy atom. The molecule has 0 spiro atoms. The quantitative estimate of drug-likeness (QED) is 0.519. The first-order chi connectivity index (χ1) is 11.5. The van der Waals surface area contributed by atoms with Gasteiger partial charge in [0.2, 0.25) is 5.75 Å². The van der Waals surface area contributed by atoms with Crippen LogP contribution in [0, 0.1) is 10.1 Å². The minimum absolute atomic E-state index is 0.00707. The number of ether oxygens (including phenoxy) is 1. The predicted molar refractivity (Wildman–Crippen MR) is 90.8 cm³/mol. The van der Waals surface area contributed by atoms with E-state index >= 15 is 0 Å². The Morgan fingerprint density at radius 3 is 2.79 bits per heavy atom. The van der Waals surface area contributed by atoms with Crippen LogP contribution in [0.15, 0.2) is 46.9 Å². The summed E-state index contributed by atoms with van der Waals surface area (Å²) in [5, 5.41) is 20.9. The lowest BCUT2D eigenvalue weighted by Gasteiger charge is -2.16. The molecule has 1 aliphatic rings. The summed E-state index contributed by atoms with van der Waals surface area (Å²) in [6.45, 7) is 0. The maximum atomic E-state index is 12.6. The van der Waals surface area contributed by atoms with Crippen molar-refractivity contribution >= 4 is 29.3 Å². The number of ketones is 1. The van der Waals surface area contributed by atoms with Crippen molar-refractivity contribution in [1.29, 1.82) is 0 Å². The number of carbonyl (C=O) groups excluding carboxylic acids is 1. The summed E-state index contributed by atoms with van der Waals surface area (Å²) in [4.78, 5) is 23.9. The number of nitrogens with zero attached hydrogens (tertiary/aromatic N) is 1. The van der Waals surface area contributed by atoms with Crippen molar-refractivity contribution in [2.24, 2.45) is 0 Å². The zero-order valence-electron chi connectivity index (χ0n) is 12.7. The van der Waals surface area contributed by atoms with Crippen LogP contribution in [0.3, 0.4) is 0 Å². The Balaban J connectivity index is 2.05. The van der Waals surface area contributed by atoms with E-state index in [1.807, 2.05) is 12.1 Å². The third-order valence-corrected chi connectivity index (χ3v) is 4.76. The second-order valence-corrected chi connectivity index (χ2v) is 6.15. The molecule has 6 nitrogen and oxygen atoms in total. The van der Waals surface area contributed by atoms with Gasteiger partial charge in [-0.25, -0.2) is 0 Å². The number of nitro groups is 1. The van der Waals surface area contributed by atoms with Gasteiger partial charge in [0.25, 0.3) is 0 Å². The summed E-state index contributed by atoms with van der Waals surface area (Å²) < 4.78 is 4.97. The summed E-state index contributed by atoms with van der Waals surface area (Å²) in [6.07, 6.45) is 1.60. The third-order valence-electron chi connectivity index (χ3n) is 3.64. The lowest BCUT2D eigenvalue weighted by atomic mass is 10.0. The number of nitro benzene ring substituents is 1. The number of Topliss-reactive ketones (excluding diaryl/α,β-unsaturated/α-hetero) is 1. The standard InChI is InChI=1S/C17H13NO5S/c1-23-14-8-10(7-13(17(14)20)18(21)22)6-11-9-24-15-5-3-2-4-12(15)16(11)19/h2-8,20H,9H2,1H3. The maximum Gasteiger partial charge on any atom is 0.315 e. The molecular formula is C17H13NO5S. The molecule has 0 saturated heterocycles. The molecule has 0 fully saturated rings. The molecule has 1 heterocycles. The number of phenolic OH excluding ortho intramolecular Hbond substituents is 1. The number of aromatic hydroxyl groups is 1. The second-order valence-electron chi connectivity index (χ2n) is 5.13. The van der Waals surface area contributed by atoms with Gasteiger partial charge in [0.1, 0.15) is 0 Å². The van der Waals surface area contributed by atoms with Crippen LogP contribution in [-0.2, 0) is 0 Å². The molecule has 7 heteroatoms. The topological polar surface area (TPSA) is 89.7 Å².